The van der Waals surface area contributed by atoms with E-state index in [0.717, 1.165) is 43.6 Å². The summed E-state index contributed by atoms with van der Waals surface area (Å²) in [5, 5.41) is 0. The van der Waals surface area contributed by atoms with Crippen LogP contribution >= 0.6 is 0 Å². The molecule has 2 heterocycles. The summed E-state index contributed by atoms with van der Waals surface area (Å²) < 4.78 is 11.7. The fourth-order valence-corrected chi connectivity index (χ4v) is 5.49. The summed E-state index contributed by atoms with van der Waals surface area (Å²) in [4.78, 5) is 27.3. The molecule has 0 aromatic carbocycles. The molecular formula is C21H29NO4. The third-order valence-electron chi connectivity index (χ3n) is 6.67. The molecule has 5 heteroatoms. The molecule has 26 heavy (non-hydrogen) atoms. The summed E-state index contributed by atoms with van der Waals surface area (Å²) in [5.74, 6) is 0.0171. The van der Waals surface area contributed by atoms with Crippen LogP contribution in [-0.4, -0.2) is 54.6 Å². The largest absolute Gasteiger partial charge is 0.457 e. The van der Waals surface area contributed by atoms with Gasteiger partial charge in [0.2, 0.25) is 0 Å². The fraction of sp³-hybridized carbons (Fsp3) is 0.714. The van der Waals surface area contributed by atoms with Gasteiger partial charge in [0.15, 0.2) is 5.78 Å². The number of ketones is 1. The highest BCUT2D eigenvalue weighted by Crippen LogP contribution is 2.53. The molecule has 0 aromatic rings. The highest BCUT2D eigenvalue weighted by Gasteiger charge is 2.54. The molecular weight excluding hydrogens is 330 g/mol. The van der Waals surface area contributed by atoms with Crippen molar-refractivity contribution in [3.63, 3.8) is 0 Å². The lowest BCUT2D eigenvalue weighted by Crippen LogP contribution is -2.49. The maximum Gasteiger partial charge on any atom is 0.311 e. The van der Waals surface area contributed by atoms with Crippen LogP contribution in [0.5, 0.6) is 0 Å². The van der Waals surface area contributed by atoms with Crippen molar-refractivity contribution < 1.29 is 19.1 Å². The molecule has 2 aliphatic carbocycles. The van der Waals surface area contributed by atoms with E-state index in [-0.39, 0.29) is 47.3 Å². The number of nitrogens with zero attached hydrogens (tertiary/aromatic N) is 1. The van der Waals surface area contributed by atoms with Gasteiger partial charge >= 0.3 is 5.97 Å². The van der Waals surface area contributed by atoms with Gasteiger partial charge in [-0.15, -0.1) is 0 Å². The summed E-state index contributed by atoms with van der Waals surface area (Å²) in [6.45, 7) is 10.6. The van der Waals surface area contributed by atoms with Crippen molar-refractivity contribution in [2.75, 3.05) is 19.6 Å². The average Bonchev–Trinajstić information content (AvgIpc) is 2.86. The summed E-state index contributed by atoms with van der Waals surface area (Å²) in [6, 6.07) is 0. The van der Waals surface area contributed by atoms with E-state index in [1.54, 1.807) is 6.08 Å². The zero-order valence-corrected chi connectivity index (χ0v) is 16.2. The third kappa shape index (κ3) is 2.85. The molecule has 0 unspecified atom stereocenters. The Morgan fingerprint density at radius 1 is 1.23 bits per heavy atom. The maximum atomic E-state index is 12.7. The van der Waals surface area contributed by atoms with Gasteiger partial charge in [0.1, 0.15) is 6.10 Å². The Bertz CT molecular complexity index is 686. The number of rotatable bonds is 2. The lowest BCUT2D eigenvalue weighted by molar-refractivity contribution is -0.145. The first-order valence-corrected chi connectivity index (χ1v) is 9.81. The topological polar surface area (TPSA) is 55.8 Å². The Hall–Kier alpha value is -1.46. The number of fused-ring (bicyclic) bond motifs is 3. The standard InChI is InChI=1S/C21H29NO4/c1-12-9-22(10-13(2)25-12)11-16-15-5-7-21(4)8-6-17(23)14(3)18(21)19(15)26-20(16)24/h6,8,12-13,15-16,19H,5,7,9-11H2,1-4H3/t12-,13+,15-,16-,19-,21-/m0/s1. The van der Waals surface area contributed by atoms with E-state index in [1.807, 2.05) is 13.0 Å². The predicted molar refractivity (Wildman–Crippen MR) is 97.5 cm³/mol. The minimum atomic E-state index is -0.240. The van der Waals surface area contributed by atoms with Gasteiger partial charge in [-0.05, 0) is 45.3 Å². The van der Waals surface area contributed by atoms with Crippen molar-refractivity contribution in [2.45, 2.75) is 58.8 Å². The SMILES string of the molecule is CC1=C2[C@H]3OC(=O)[C@@H](CN4C[C@@H](C)O[C@@H](C)C4)[C@@H]3CC[C@@]2(C)C=CC1=O. The first-order chi connectivity index (χ1) is 12.3. The highest BCUT2D eigenvalue weighted by molar-refractivity contribution is 6.05. The minimum absolute atomic E-state index is 0.0495. The molecule has 0 spiro atoms. The number of ether oxygens (including phenoxy) is 2. The first-order valence-electron chi connectivity index (χ1n) is 9.81. The Balaban J connectivity index is 1.57. The molecule has 4 rings (SSSR count). The number of hydrogen-bond acceptors (Lipinski definition) is 5. The molecule has 142 valence electrons. The van der Waals surface area contributed by atoms with Gasteiger partial charge in [-0.2, -0.15) is 0 Å². The second kappa shape index (κ2) is 6.31. The van der Waals surface area contributed by atoms with Gasteiger partial charge in [-0.25, -0.2) is 0 Å². The van der Waals surface area contributed by atoms with E-state index >= 15 is 0 Å². The minimum Gasteiger partial charge on any atom is -0.457 e. The van der Waals surface area contributed by atoms with Crippen molar-refractivity contribution in [3.05, 3.63) is 23.3 Å². The van der Waals surface area contributed by atoms with E-state index in [1.165, 1.54) is 0 Å². The van der Waals surface area contributed by atoms with Crippen molar-refractivity contribution >= 4 is 11.8 Å². The van der Waals surface area contributed by atoms with Crippen LogP contribution in [0, 0.1) is 17.3 Å². The monoisotopic (exact) mass is 359 g/mol. The molecule has 3 fully saturated rings. The number of morpholine rings is 1. The summed E-state index contributed by atoms with van der Waals surface area (Å²) in [6.07, 6.45) is 5.76. The van der Waals surface area contributed by atoms with Crippen LogP contribution < -0.4 is 0 Å². The molecule has 0 amide bonds. The molecule has 0 N–H and O–H groups in total. The summed E-state index contributed by atoms with van der Waals surface area (Å²) in [7, 11) is 0. The Kier molecular flexibility index (Phi) is 4.35. The van der Waals surface area contributed by atoms with Crippen molar-refractivity contribution in [3.8, 4) is 0 Å². The highest BCUT2D eigenvalue weighted by atomic mass is 16.6. The molecule has 5 nitrogen and oxygen atoms in total. The first kappa shape index (κ1) is 17.9. The van der Waals surface area contributed by atoms with Gasteiger partial charge in [0.05, 0.1) is 18.1 Å². The number of allylic oxidation sites excluding steroid dienone is 3. The van der Waals surface area contributed by atoms with E-state index in [9.17, 15) is 9.59 Å². The Morgan fingerprint density at radius 2 is 1.92 bits per heavy atom. The van der Waals surface area contributed by atoms with Crippen molar-refractivity contribution in [1.82, 2.24) is 4.90 Å². The van der Waals surface area contributed by atoms with Crippen molar-refractivity contribution in [2.24, 2.45) is 17.3 Å². The lowest BCUT2D eigenvalue weighted by atomic mass is 9.61. The second-order valence-corrected chi connectivity index (χ2v) is 8.80. The van der Waals surface area contributed by atoms with Crippen LogP contribution in [0.15, 0.2) is 23.3 Å². The molecule has 0 radical (unpaired) electrons. The van der Waals surface area contributed by atoms with E-state index < -0.39 is 0 Å². The molecule has 2 aliphatic heterocycles. The zero-order valence-electron chi connectivity index (χ0n) is 16.2. The second-order valence-electron chi connectivity index (χ2n) is 8.80. The molecule has 0 aromatic heterocycles. The maximum absolute atomic E-state index is 12.7. The van der Waals surface area contributed by atoms with Crippen LogP contribution in [0.4, 0.5) is 0 Å². The Morgan fingerprint density at radius 3 is 2.62 bits per heavy atom. The van der Waals surface area contributed by atoms with Gasteiger partial charge in [0, 0.05) is 36.5 Å². The van der Waals surface area contributed by atoms with E-state index in [0.29, 0.717) is 0 Å². The van der Waals surface area contributed by atoms with Gasteiger partial charge in [0.25, 0.3) is 0 Å². The van der Waals surface area contributed by atoms with Gasteiger partial charge < -0.3 is 9.47 Å². The molecule has 6 atom stereocenters. The smallest absolute Gasteiger partial charge is 0.311 e. The predicted octanol–water partition coefficient (Wildman–Crippen LogP) is 2.51. The molecule has 2 saturated heterocycles. The molecule has 4 aliphatic rings. The van der Waals surface area contributed by atoms with Crippen LogP contribution in [0.1, 0.15) is 40.5 Å². The summed E-state index contributed by atoms with van der Waals surface area (Å²) in [5.41, 5.74) is 1.66. The normalized spacial score (nSPS) is 43.3. The quantitative estimate of drug-likeness (QED) is 0.709. The van der Waals surface area contributed by atoms with Crippen LogP contribution in [0.25, 0.3) is 0 Å². The number of carbonyl (C=O) groups is 2. The van der Waals surface area contributed by atoms with Gasteiger partial charge in [-0.3, -0.25) is 14.5 Å². The zero-order chi connectivity index (χ0) is 18.6. The number of esters is 1. The van der Waals surface area contributed by atoms with Crippen LogP contribution in [0.2, 0.25) is 0 Å². The summed E-state index contributed by atoms with van der Waals surface area (Å²) >= 11 is 0. The molecule has 0 bridgehead atoms. The third-order valence-corrected chi connectivity index (χ3v) is 6.67. The van der Waals surface area contributed by atoms with E-state index in [2.05, 4.69) is 25.7 Å². The van der Waals surface area contributed by atoms with Gasteiger partial charge in [-0.1, -0.05) is 13.0 Å². The average molecular weight is 359 g/mol. The molecule has 1 saturated carbocycles. The number of hydrogen-bond donors (Lipinski definition) is 0. The van der Waals surface area contributed by atoms with Crippen molar-refractivity contribution in [1.29, 1.82) is 0 Å². The lowest BCUT2D eigenvalue weighted by Gasteiger charge is -2.43. The number of carbonyl (C=O) groups excluding carboxylic acids is 2. The van der Waals surface area contributed by atoms with Crippen LogP contribution in [-0.2, 0) is 19.1 Å². The van der Waals surface area contributed by atoms with Crippen LogP contribution in [0.3, 0.4) is 0 Å². The van der Waals surface area contributed by atoms with E-state index in [4.69, 9.17) is 9.47 Å². The fourth-order valence-electron chi connectivity index (χ4n) is 5.49. The Labute approximate surface area is 155 Å².